The molecule has 0 aliphatic carbocycles. The van der Waals surface area contributed by atoms with Crippen LogP contribution in [-0.4, -0.2) is 45.0 Å². The van der Waals surface area contributed by atoms with Crippen LogP contribution in [0.5, 0.6) is 0 Å². The van der Waals surface area contributed by atoms with Gasteiger partial charge in [-0.05, 0) is 6.42 Å². The Bertz CT molecular complexity index is 329. The average molecular weight is 237 g/mol. The minimum Gasteiger partial charge on any atom is -0.376 e. The summed E-state index contributed by atoms with van der Waals surface area (Å²) in [6, 6.07) is 0. The molecule has 0 radical (unpaired) electrons. The standard InChI is InChI=1S/C8H15NO5S/c1-3-7-6-9(4-5-12-7)8(2)13-15(10,11)14-8/h7H,3-6H2,1-2H3. The number of hydrogen-bond donors (Lipinski definition) is 0. The van der Waals surface area contributed by atoms with E-state index in [-0.39, 0.29) is 6.10 Å². The van der Waals surface area contributed by atoms with Gasteiger partial charge in [-0.3, -0.25) is 0 Å². The summed E-state index contributed by atoms with van der Waals surface area (Å²) in [4.78, 5) is 1.84. The number of rotatable bonds is 2. The molecule has 15 heavy (non-hydrogen) atoms. The fourth-order valence-electron chi connectivity index (χ4n) is 1.83. The molecular formula is C8H15NO5S. The van der Waals surface area contributed by atoms with Crippen molar-refractivity contribution in [1.82, 2.24) is 4.90 Å². The topological polar surface area (TPSA) is 65.1 Å². The van der Waals surface area contributed by atoms with Crippen LogP contribution in [0.3, 0.4) is 0 Å². The molecule has 1 atom stereocenters. The molecule has 2 rings (SSSR count). The Labute approximate surface area is 89.4 Å². The predicted molar refractivity (Wildman–Crippen MR) is 51.1 cm³/mol. The van der Waals surface area contributed by atoms with E-state index in [9.17, 15) is 8.42 Å². The van der Waals surface area contributed by atoms with Gasteiger partial charge in [0.1, 0.15) is 0 Å². The lowest BCUT2D eigenvalue weighted by atomic mass is 10.2. The van der Waals surface area contributed by atoms with Crippen LogP contribution in [0.15, 0.2) is 0 Å². The molecule has 7 heteroatoms. The van der Waals surface area contributed by atoms with Gasteiger partial charge in [0.15, 0.2) is 0 Å². The summed E-state index contributed by atoms with van der Waals surface area (Å²) < 4.78 is 36.6. The summed E-state index contributed by atoms with van der Waals surface area (Å²) in [7, 11) is -3.75. The van der Waals surface area contributed by atoms with Gasteiger partial charge in [-0.1, -0.05) is 6.92 Å². The van der Waals surface area contributed by atoms with E-state index >= 15 is 0 Å². The van der Waals surface area contributed by atoms with E-state index in [0.717, 1.165) is 6.42 Å². The first-order valence-electron chi connectivity index (χ1n) is 4.98. The average Bonchev–Trinajstić information content (AvgIpc) is 2.15. The molecule has 0 aromatic rings. The van der Waals surface area contributed by atoms with E-state index in [0.29, 0.717) is 19.7 Å². The van der Waals surface area contributed by atoms with Crippen molar-refractivity contribution in [3.8, 4) is 0 Å². The molecule has 0 amide bonds. The molecule has 2 fully saturated rings. The molecular weight excluding hydrogens is 222 g/mol. The van der Waals surface area contributed by atoms with Gasteiger partial charge in [-0.2, -0.15) is 16.8 Å². The molecule has 2 saturated heterocycles. The van der Waals surface area contributed by atoms with Crippen molar-refractivity contribution in [3.05, 3.63) is 0 Å². The third-order valence-corrected chi connectivity index (χ3v) is 3.71. The number of nitrogens with zero attached hydrogens (tertiary/aromatic N) is 1. The molecule has 0 aromatic carbocycles. The van der Waals surface area contributed by atoms with Crippen LogP contribution in [-0.2, 0) is 23.5 Å². The van der Waals surface area contributed by atoms with Crippen molar-refractivity contribution < 1.29 is 21.5 Å². The van der Waals surface area contributed by atoms with Gasteiger partial charge in [0.2, 0.25) is 0 Å². The fraction of sp³-hybridized carbons (Fsp3) is 1.00. The summed E-state index contributed by atoms with van der Waals surface area (Å²) in [5, 5.41) is 0. The smallest absolute Gasteiger partial charge is 0.376 e. The lowest BCUT2D eigenvalue weighted by Gasteiger charge is -2.46. The minimum atomic E-state index is -3.75. The maximum atomic E-state index is 10.8. The van der Waals surface area contributed by atoms with E-state index in [1.807, 2.05) is 11.8 Å². The van der Waals surface area contributed by atoms with E-state index in [1.165, 1.54) is 0 Å². The second-order valence-corrected chi connectivity index (χ2v) is 4.97. The van der Waals surface area contributed by atoms with Crippen LogP contribution in [0.25, 0.3) is 0 Å². The highest BCUT2D eigenvalue weighted by atomic mass is 32.3. The van der Waals surface area contributed by atoms with Crippen LogP contribution in [0.1, 0.15) is 20.3 Å². The molecule has 0 saturated carbocycles. The normalized spacial score (nSPS) is 34.7. The van der Waals surface area contributed by atoms with Crippen LogP contribution in [0, 0.1) is 0 Å². The molecule has 2 aliphatic heterocycles. The Morgan fingerprint density at radius 2 is 2.13 bits per heavy atom. The van der Waals surface area contributed by atoms with Crippen LogP contribution in [0.4, 0.5) is 0 Å². The van der Waals surface area contributed by atoms with E-state index in [1.54, 1.807) is 6.92 Å². The lowest BCUT2D eigenvalue weighted by molar-refractivity contribution is -0.285. The Balaban J connectivity index is 1.99. The monoisotopic (exact) mass is 237 g/mol. The van der Waals surface area contributed by atoms with Crippen LogP contribution in [0.2, 0.25) is 0 Å². The van der Waals surface area contributed by atoms with Gasteiger partial charge in [-0.25, -0.2) is 4.90 Å². The molecule has 0 bridgehead atoms. The quantitative estimate of drug-likeness (QED) is 0.677. The van der Waals surface area contributed by atoms with Gasteiger partial charge in [0.05, 0.1) is 12.7 Å². The highest BCUT2D eigenvalue weighted by molar-refractivity contribution is 7.82. The van der Waals surface area contributed by atoms with E-state index < -0.39 is 16.3 Å². The van der Waals surface area contributed by atoms with Crippen molar-refractivity contribution in [3.63, 3.8) is 0 Å². The maximum Gasteiger partial charge on any atom is 0.407 e. The third kappa shape index (κ3) is 2.16. The zero-order chi connectivity index (χ0) is 11.1. The largest absolute Gasteiger partial charge is 0.407 e. The molecule has 1 unspecified atom stereocenters. The molecule has 0 aromatic heterocycles. The first-order chi connectivity index (χ1) is 6.95. The molecule has 0 spiro atoms. The maximum absolute atomic E-state index is 10.8. The van der Waals surface area contributed by atoms with Crippen molar-refractivity contribution in [2.75, 3.05) is 19.7 Å². The SMILES string of the molecule is CCC1CN(C2(C)OS(=O)(=O)O2)CCO1. The summed E-state index contributed by atoms with van der Waals surface area (Å²) in [6.45, 7) is 5.44. The Morgan fingerprint density at radius 3 is 2.67 bits per heavy atom. The summed E-state index contributed by atoms with van der Waals surface area (Å²) >= 11 is 0. The summed E-state index contributed by atoms with van der Waals surface area (Å²) in [5.41, 5.74) is 0. The first kappa shape index (κ1) is 11.3. The number of hydrogen-bond acceptors (Lipinski definition) is 6. The Hall–Kier alpha value is -0.210. The van der Waals surface area contributed by atoms with Crippen LogP contribution >= 0.6 is 0 Å². The minimum absolute atomic E-state index is 0.117. The van der Waals surface area contributed by atoms with Crippen molar-refractivity contribution in [2.45, 2.75) is 32.3 Å². The second kappa shape index (κ2) is 3.67. The molecule has 6 nitrogen and oxygen atoms in total. The molecule has 0 N–H and O–H groups in total. The van der Waals surface area contributed by atoms with Crippen molar-refractivity contribution in [2.24, 2.45) is 0 Å². The highest BCUT2D eigenvalue weighted by Gasteiger charge is 2.53. The van der Waals surface area contributed by atoms with Gasteiger partial charge in [-0.15, -0.1) is 0 Å². The van der Waals surface area contributed by atoms with Gasteiger partial charge in [0, 0.05) is 20.0 Å². The number of morpholine rings is 1. The zero-order valence-electron chi connectivity index (χ0n) is 8.80. The van der Waals surface area contributed by atoms with Gasteiger partial charge < -0.3 is 4.74 Å². The fourth-order valence-corrected chi connectivity index (χ4v) is 2.81. The molecule has 88 valence electrons. The Morgan fingerprint density at radius 1 is 1.47 bits per heavy atom. The molecule has 2 heterocycles. The summed E-state index contributed by atoms with van der Waals surface area (Å²) in [6.07, 6.45) is 1.00. The van der Waals surface area contributed by atoms with Crippen LogP contribution < -0.4 is 0 Å². The van der Waals surface area contributed by atoms with Gasteiger partial charge in [0.25, 0.3) is 5.91 Å². The zero-order valence-corrected chi connectivity index (χ0v) is 9.62. The Kier molecular flexibility index (Phi) is 2.76. The van der Waals surface area contributed by atoms with E-state index in [4.69, 9.17) is 13.1 Å². The predicted octanol–water partition coefficient (Wildman–Crippen LogP) is 0.0625. The van der Waals surface area contributed by atoms with Gasteiger partial charge >= 0.3 is 10.4 Å². The van der Waals surface area contributed by atoms with E-state index in [2.05, 4.69) is 0 Å². The van der Waals surface area contributed by atoms with Crippen molar-refractivity contribution in [1.29, 1.82) is 0 Å². The molecule has 2 aliphatic rings. The van der Waals surface area contributed by atoms with Crippen molar-refractivity contribution >= 4 is 10.4 Å². The third-order valence-electron chi connectivity index (χ3n) is 2.68. The second-order valence-electron chi connectivity index (χ2n) is 3.82. The number of ether oxygens (including phenoxy) is 1. The summed E-state index contributed by atoms with van der Waals surface area (Å²) in [5.74, 6) is -1.13. The lowest BCUT2D eigenvalue weighted by Crippen LogP contribution is -2.63. The first-order valence-corrected chi connectivity index (χ1v) is 6.31. The highest BCUT2D eigenvalue weighted by Crippen LogP contribution is 2.34.